The lowest BCUT2D eigenvalue weighted by molar-refractivity contribution is -0.147. The molecule has 2 aliphatic carbocycles. The van der Waals surface area contributed by atoms with Crippen LogP contribution in [-0.2, 0) is 38.5 Å². The minimum absolute atomic E-state index is 0.00682. The summed E-state index contributed by atoms with van der Waals surface area (Å²) in [5, 5.41) is 0. The Morgan fingerprint density at radius 1 is 0.610 bits per heavy atom. The number of ketones is 6. The Morgan fingerprint density at radius 2 is 0.951 bits per heavy atom. The molecule has 0 amide bonds. The van der Waals surface area contributed by atoms with E-state index >= 15 is 0 Å². The zero-order valence-corrected chi connectivity index (χ0v) is 22.6. The van der Waals surface area contributed by atoms with Crippen LogP contribution in [0.4, 0.5) is 0 Å². The normalized spacial score (nSPS) is 17.7. The van der Waals surface area contributed by atoms with Crippen molar-refractivity contribution in [2.75, 3.05) is 13.2 Å². The number of ether oxygens (including phenoxy) is 2. The first kappa shape index (κ1) is 29.3. The molecule has 0 spiro atoms. The van der Waals surface area contributed by atoms with Gasteiger partial charge in [-0.25, -0.2) is 8.42 Å². The number of carbonyl (C=O) groups is 8. The molecule has 0 aromatic heterocycles. The van der Waals surface area contributed by atoms with Crippen LogP contribution in [-0.4, -0.2) is 68.3 Å². The molecule has 0 heterocycles. The van der Waals surface area contributed by atoms with Gasteiger partial charge in [0.1, 0.15) is 24.7 Å². The van der Waals surface area contributed by atoms with E-state index in [0.29, 0.717) is 0 Å². The van der Waals surface area contributed by atoms with Crippen LogP contribution in [0.2, 0.25) is 0 Å². The Kier molecular flexibility index (Phi) is 7.93. The van der Waals surface area contributed by atoms with E-state index in [0.717, 1.165) is 36.4 Å². The minimum Gasteiger partial charge on any atom is -0.466 e. The minimum atomic E-state index is -4.44. The Hall–Kier alpha value is -4.65. The lowest BCUT2D eigenvalue weighted by Crippen LogP contribution is -2.28. The number of rotatable bonds is 10. The number of fused-ring (bicyclic) bond motifs is 2. The maximum absolute atomic E-state index is 13.4. The third-order valence-electron chi connectivity index (χ3n) is 6.60. The van der Waals surface area contributed by atoms with Gasteiger partial charge >= 0.3 is 11.9 Å². The van der Waals surface area contributed by atoms with Crippen LogP contribution in [0, 0.1) is 11.8 Å². The van der Waals surface area contributed by atoms with Crippen LogP contribution < -0.4 is 0 Å². The molecule has 4 rings (SSSR count). The van der Waals surface area contributed by atoms with Gasteiger partial charge in [0.2, 0.25) is 9.84 Å². The standard InChI is InChI=1S/C28H22O12S/c1-3-39-21(31)11-19(29)23-25(33)15-7-5-13(9-17(15)27(23)35)41(37,38)14-6-8-16-18(10-14)28(36)24(26(16)34)20(30)12-22(32)40-4-2/h5-10,23-24H,3-4,11-12H2,1-2H3. The topological polar surface area (TPSA) is 189 Å². The Bertz CT molecular complexity index is 1560. The molecule has 0 bridgehead atoms. The first-order valence-electron chi connectivity index (χ1n) is 12.4. The summed E-state index contributed by atoms with van der Waals surface area (Å²) in [6.07, 6.45) is -1.61. The van der Waals surface area contributed by atoms with E-state index in [2.05, 4.69) is 9.47 Å². The van der Waals surface area contributed by atoms with E-state index in [1.807, 2.05) is 0 Å². The second kappa shape index (κ2) is 11.1. The van der Waals surface area contributed by atoms with Gasteiger partial charge in [0.25, 0.3) is 0 Å². The van der Waals surface area contributed by atoms with E-state index in [9.17, 15) is 46.8 Å². The van der Waals surface area contributed by atoms with Crippen molar-refractivity contribution < 1.29 is 56.2 Å². The van der Waals surface area contributed by atoms with Gasteiger partial charge in [-0.2, -0.15) is 0 Å². The molecule has 41 heavy (non-hydrogen) atoms. The summed E-state index contributed by atoms with van der Waals surface area (Å²) in [5.41, 5.74) is -1.02. The maximum atomic E-state index is 13.4. The van der Waals surface area contributed by atoms with Crippen LogP contribution in [0.3, 0.4) is 0 Å². The van der Waals surface area contributed by atoms with Gasteiger partial charge in [0.15, 0.2) is 34.7 Å². The molecule has 12 nitrogen and oxygen atoms in total. The molecule has 2 aromatic carbocycles. The molecule has 0 aliphatic heterocycles. The number of benzene rings is 2. The predicted octanol–water partition coefficient (Wildman–Crippen LogP) is 1.55. The molecule has 212 valence electrons. The fraction of sp³-hybridized carbons (Fsp3) is 0.286. The molecule has 0 N–H and O–H groups in total. The molecule has 2 aliphatic rings. The van der Waals surface area contributed by atoms with E-state index in [1.54, 1.807) is 0 Å². The van der Waals surface area contributed by atoms with E-state index in [-0.39, 0.29) is 35.5 Å². The summed E-state index contributed by atoms with van der Waals surface area (Å²) in [4.78, 5) is 98.7. The molecule has 2 unspecified atom stereocenters. The molecule has 0 fully saturated rings. The van der Waals surface area contributed by atoms with Gasteiger partial charge in [-0.3, -0.25) is 38.4 Å². The molecule has 2 aromatic rings. The fourth-order valence-corrected chi connectivity index (χ4v) is 6.02. The van der Waals surface area contributed by atoms with Gasteiger partial charge in [-0.1, -0.05) is 0 Å². The molecule has 0 radical (unpaired) electrons. The van der Waals surface area contributed by atoms with Gasteiger partial charge in [-0.05, 0) is 50.2 Å². The molecule has 2 atom stereocenters. The average Bonchev–Trinajstić information content (AvgIpc) is 3.32. The highest BCUT2D eigenvalue weighted by Gasteiger charge is 2.46. The van der Waals surface area contributed by atoms with Crippen LogP contribution in [0.15, 0.2) is 46.2 Å². The highest BCUT2D eigenvalue weighted by Crippen LogP contribution is 2.35. The highest BCUT2D eigenvalue weighted by atomic mass is 32.2. The van der Waals surface area contributed by atoms with E-state index in [4.69, 9.17) is 0 Å². The van der Waals surface area contributed by atoms with Crippen molar-refractivity contribution >= 4 is 56.5 Å². The summed E-state index contributed by atoms with van der Waals surface area (Å²) in [6, 6.07) is 6.09. The zero-order valence-electron chi connectivity index (χ0n) is 21.8. The number of hydrogen-bond donors (Lipinski definition) is 0. The van der Waals surface area contributed by atoms with Crippen molar-refractivity contribution in [2.45, 2.75) is 36.5 Å². The molecular formula is C28H22O12S. The molecular weight excluding hydrogens is 560 g/mol. The van der Waals surface area contributed by atoms with Gasteiger partial charge in [0, 0.05) is 22.3 Å². The van der Waals surface area contributed by atoms with Crippen LogP contribution >= 0.6 is 0 Å². The first-order chi connectivity index (χ1) is 19.3. The summed E-state index contributed by atoms with van der Waals surface area (Å²) >= 11 is 0. The maximum Gasteiger partial charge on any atom is 0.313 e. The average molecular weight is 583 g/mol. The van der Waals surface area contributed by atoms with Crippen LogP contribution in [0.1, 0.15) is 68.1 Å². The van der Waals surface area contributed by atoms with Gasteiger partial charge < -0.3 is 9.47 Å². The SMILES string of the molecule is CCOC(=O)CC(=O)C1C(=O)c2ccc(S(=O)(=O)c3ccc4c(c3)C(=O)C(C(=O)CC(=O)OCC)C4=O)cc2C1=O. The van der Waals surface area contributed by atoms with Crippen molar-refractivity contribution in [2.24, 2.45) is 11.8 Å². The van der Waals surface area contributed by atoms with Gasteiger partial charge in [0.05, 0.1) is 23.0 Å². The van der Waals surface area contributed by atoms with E-state index in [1.165, 1.54) is 13.8 Å². The molecule has 0 saturated carbocycles. The molecule has 0 saturated heterocycles. The second-order valence-corrected chi connectivity index (χ2v) is 11.1. The lowest BCUT2D eigenvalue weighted by Gasteiger charge is -2.08. The van der Waals surface area contributed by atoms with E-state index < -0.39 is 90.9 Å². The Morgan fingerprint density at radius 3 is 1.29 bits per heavy atom. The third kappa shape index (κ3) is 5.15. The van der Waals surface area contributed by atoms with Crippen molar-refractivity contribution in [1.82, 2.24) is 0 Å². The zero-order chi connectivity index (χ0) is 30.2. The van der Waals surface area contributed by atoms with Crippen molar-refractivity contribution in [3.8, 4) is 0 Å². The van der Waals surface area contributed by atoms with Crippen molar-refractivity contribution in [1.29, 1.82) is 0 Å². The second-order valence-electron chi connectivity index (χ2n) is 9.14. The van der Waals surface area contributed by atoms with Crippen molar-refractivity contribution in [3.63, 3.8) is 0 Å². The summed E-state index contributed by atoms with van der Waals surface area (Å²) in [6.45, 7) is 3.02. The largest absolute Gasteiger partial charge is 0.466 e. The predicted molar refractivity (Wildman–Crippen MR) is 135 cm³/mol. The number of hydrogen-bond acceptors (Lipinski definition) is 12. The number of Topliss-reactive ketones (excluding diaryl/α,β-unsaturated/α-hetero) is 6. The Labute approximate surface area is 232 Å². The summed E-state index contributed by atoms with van der Waals surface area (Å²) in [5.74, 6) is -11.1. The quantitative estimate of drug-likeness (QED) is 0.291. The first-order valence-corrected chi connectivity index (χ1v) is 13.9. The summed E-state index contributed by atoms with van der Waals surface area (Å²) < 4.78 is 36.2. The van der Waals surface area contributed by atoms with Gasteiger partial charge in [-0.15, -0.1) is 0 Å². The number of carbonyl (C=O) groups excluding carboxylic acids is 8. The van der Waals surface area contributed by atoms with Crippen LogP contribution in [0.25, 0.3) is 0 Å². The Balaban J connectivity index is 1.62. The lowest BCUT2D eigenvalue weighted by atomic mass is 9.96. The molecule has 13 heteroatoms. The number of sulfone groups is 1. The fourth-order valence-electron chi connectivity index (χ4n) is 4.71. The number of esters is 2. The highest BCUT2D eigenvalue weighted by molar-refractivity contribution is 7.91. The summed E-state index contributed by atoms with van der Waals surface area (Å²) in [7, 11) is -4.44. The monoisotopic (exact) mass is 582 g/mol. The van der Waals surface area contributed by atoms with Crippen molar-refractivity contribution in [3.05, 3.63) is 58.7 Å². The smallest absolute Gasteiger partial charge is 0.313 e. The third-order valence-corrected chi connectivity index (χ3v) is 8.35. The van der Waals surface area contributed by atoms with Crippen LogP contribution in [0.5, 0.6) is 0 Å².